The van der Waals surface area contributed by atoms with Crippen molar-refractivity contribution in [2.24, 2.45) is 0 Å². The second-order valence-electron chi connectivity index (χ2n) is 18.2. The van der Waals surface area contributed by atoms with E-state index >= 15 is 0 Å². The van der Waals surface area contributed by atoms with E-state index in [9.17, 15) is 19.2 Å². The SMILES string of the molecule is C.CC(C)OC(=O)Cl.CC(C)OC(=O)N1CCC(N2CCC(N3C(=O)N[C@@H]4CCCC[C@H]43)CC2)CC1.O=C1N[C@@H]2CCCC[C@H]2N1C1CCN(C2CCNCC2)CC1. The summed E-state index contributed by atoms with van der Waals surface area (Å²) in [5.41, 5.74) is -0.741. The van der Waals surface area contributed by atoms with Crippen molar-refractivity contribution in [3.05, 3.63) is 0 Å². The Balaban J connectivity index is 0.000000191. The van der Waals surface area contributed by atoms with Gasteiger partial charge >= 0.3 is 23.6 Å². The molecule has 0 aromatic heterocycles. The number of ether oxygens (including phenoxy) is 2. The molecule has 3 N–H and O–H groups in total. The van der Waals surface area contributed by atoms with Crippen LogP contribution in [0.25, 0.3) is 0 Å². The summed E-state index contributed by atoms with van der Waals surface area (Å²) in [5, 5.41) is 9.93. The first kappa shape index (κ1) is 46.5. The number of carbonyl (C=O) groups excluding carboxylic acids is 4. The molecule has 15 heteroatoms. The summed E-state index contributed by atoms with van der Waals surface area (Å²) < 4.78 is 9.70. The lowest BCUT2D eigenvalue weighted by atomic mass is 9.89. The van der Waals surface area contributed by atoms with Gasteiger partial charge < -0.3 is 49.9 Å². The second-order valence-corrected chi connectivity index (χ2v) is 18.5. The third-order valence-electron chi connectivity index (χ3n) is 13.8. The quantitative estimate of drug-likeness (QED) is 0.249. The minimum absolute atomic E-state index is 0. The van der Waals surface area contributed by atoms with Gasteiger partial charge in [-0.3, -0.25) is 0 Å². The van der Waals surface area contributed by atoms with E-state index in [4.69, 9.17) is 16.3 Å². The zero-order valence-corrected chi connectivity index (χ0v) is 36.1. The van der Waals surface area contributed by atoms with Crippen LogP contribution in [0, 0.1) is 0 Å². The molecular formula is C43H77ClN8O6. The Morgan fingerprint density at radius 1 is 0.569 bits per heavy atom. The molecule has 0 radical (unpaired) electrons. The van der Waals surface area contributed by atoms with E-state index in [0.717, 1.165) is 70.7 Å². The van der Waals surface area contributed by atoms with Crippen LogP contribution < -0.4 is 16.0 Å². The number of halogens is 1. The number of nitrogens with one attached hydrogen (secondary N) is 3. The predicted octanol–water partition coefficient (Wildman–Crippen LogP) is 6.74. The van der Waals surface area contributed by atoms with Crippen LogP contribution in [0.1, 0.15) is 138 Å². The third kappa shape index (κ3) is 12.3. The van der Waals surface area contributed by atoms with Gasteiger partial charge in [-0.1, -0.05) is 33.1 Å². The maximum Gasteiger partial charge on any atom is 0.410 e. The van der Waals surface area contributed by atoms with Crippen LogP contribution in [-0.2, 0) is 9.47 Å². The first-order chi connectivity index (χ1) is 27.5. The smallest absolute Gasteiger partial charge is 0.410 e. The van der Waals surface area contributed by atoms with E-state index in [0.29, 0.717) is 42.3 Å². The molecule has 2 saturated carbocycles. The van der Waals surface area contributed by atoms with Crippen molar-refractivity contribution in [2.45, 2.75) is 198 Å². The van der Waals surface area contributed by atoms with Gasteiger partial charge in [0, 0.05) is 75.0 Å². The molecular weight excluding hydrogens is 760 g/mol. The molecule has 6 heterocycles. The Kier molecular flexibility index (Phi) is 17.9. The third-order valence-corrected chi connectivity index (χ3v) is 13.9. The molecule has 8 aliphatic rings. The number of piperidine rings is 4. The molecule has 2 aliphatic carbocycles. The predicted molar refractivity (Wildman–Crippen MR) is 228 cm³/mol. The standard InChI is InChI=1S/C21H36N4O3.C17H30N4O.C4H7ClO2.CH4/c1-15(2)28-21(27)24-13-7-16(8-14-24)23-11-9-17(10-12-23)25-19-6-4-3-5-18(19)22-20(25)26;22-17-19-15-3-1-2-4-16(15)21(17)14-7-11-20(12-8-14)13-5-9-18-10-6-13;1-3(2)7-4(5)6;/h15-19H,3-14H2,1-2H3,(H,22,26);13-16,18H,1-12H2,(H,19,22);3H,1-2H3;1H4/t18-,19-;15-,16-;;/m11../s1. The Morgan fingerprint density at radius 2 is 0.966 bits per heavy atom. The maximum absolute atomic E-state index is 12.6. The zero-order chi connectivity index (χ0) is 40.5. The Labute approximate surface area is 354 Å². The molecule has 0 aromatic carbocycles. The molecule has 5 amide bonds. The molecule has 4 atom stereocenters. The summed E-state index contributed by atoms with van der Waals surface area (Å²) in [4.78, 5) is 58.4. The average Bonchev–Trinajstić information content (AvgIpc) is 3.73. The second kappa shape index (κ2) is 22.3. The van der Waals surface area contributed by atoms with Crippen LogP contribution in [0.3, 0.4) is 0 Å². The van der Waals surface area contributed by atoms with Crippen LogP contribution in [-0.4, -0.2) is 161 Å². The minimum atomic E-state index is -0.741. The molecule has 0 bridgehead atoms. The van der Waals surface area contributed by atoms with Crippen LogP contribution >= 0.6 is 11.6 Å². The van der Waals surface area contributed by atoms with Crippen molar-refractivity contribution in [1.29, 1.82) is 0 Å². The normalized spacial score (nSPS) is 29.3. The molecule has 332 valence electrons. The Morgan fingerprint density at radius 3 is 1.36 bits per heavy atom. The van der Waals surface area contributed by atoms with Crippen molar-refractivity contribution in [3.8, 4) is 0 Å². The van der Waals surface area contributed by atoms with Crippen molar-refractivity contribution < 1.29 is 28.7 Å². The molecule has 0 unspecified atom stereocenters. The summed E-state index contributed by atoms with van der Waals surface area (Å²) in [7, 11) is 0. The largest absolute Gasteiger partial charge is 0.451 e. The van der Waals surface area contributed by atoms with Crippen LogP contribution in [0.15, 0.2) is 0 Å². The fourth-order valence-electron chi connectivity index (χ4n) is 11.0. The Bertz CT molecular complexity index is 1310. The van der Waals surface area contributed by atoms with E-state index in [1.165, 1.54) is 90.4 Å². The number of urea groups is 2. The molecule has 58 heavy (non-hydrogen) atoms. The van der Waals surface area contributed by atoms with E-state index in [-0.39, 0.29) is 37.8 Å². The van der Waals surface area contributed by atoms with Gasteiger partial charge in [-0.2, -0.15) is 0 Å². The van der Waals surface area contributed by atoms with Crippen LogP contribution in [0.4, 0.5) is 19.2 Å². The molecule has 0 spiro atoms. The summed E-state index contributed by atoms with van der Waals surface area (Å²) in [5.74, 6) is 0. The van der Waals surface area contributed by atoms with E-state index < -0.39 is 5.43 Å². The highest BCUT2D eigenvalue weighted by molar-refractivity contribution is 6.61. The monoisotopic (exact) mass is 837 g/mol. The van der Waals surface area contributed by atoms with Crippen molar-refractivity contribution in [1.82, 2.24) is 40.4 Å². The molecule has 14 nitrogen and oxygen atoms in total. The summed E-state index contributed by atoms with van der Waals surface area (Å²) >= 11 is 4.81. The molecule has 6 saturated heterocycles. The fourth-order valence-corrected chi connectivity index (χ4v) is 11.1. The lowest BCUT2D eigenvalue weighted by Gasteiger charge is -2.44. The Hall–Kier alpha value is -2.55. The highest BCUT2D eigenvalue weighted by Crippen LogP contribution is 2.34. The highest BCUT2D eigenvalue weighted by atomic mass is 35.5. The minimum Gasteiger partial charge on any atom is -0.451 e. The zero-order valence-electron chi connectivity index (χ0n) is 35.3. The summed E-state index contributed by atoms with van der Waals surface area (Å²) in [6, 6.07) is 4.32. The van der Waals surface area contributed by atoms with Gasteiger partial charge in [0.15, 0.2) is 0 Å². The highest BCUT2D eigenvalue weighted by Gasteiger charge is 2.46. The number of fused-ring (bicyclic) bond motifs is 2. The number of amides is 5. The number of rotatable bonds is 6. The number of hydrogen-bond acceptors (Lipinski definition) is 9. The van der Waals surface area contributed by atoms with Gasteiger partial charge in [0.2, 0.25) is 0 Å². The molecule has 0 aromatic rings. The van der Waals surface area contributed by atoms with Crippen molar-refractivity contribution in [2.75, 3.05) is 52.4 Å². The summed E-state index contributed by atoms with van der Waals surface area (Å²) in [6.45, 7) is 15.7. The van der Waals surface area contributed by atoms with Gasteiger partial charge in [-0.25, -0.2) is 19.2 Å². The maximum atomic E-state index is 12.6. The van der Waals surface area contributed by atoms with E-state index in [1.54, 1.807) is 13.8 Å². The van der Waals surface area contributed by atoms with Crippen LogP contribution in [0.2, 0.25) is 0 Å². The number of nitrogens with zero attached hydrogens (tertiary/aromatic N) is 5. The number of carbonyl (C=O) groups is 4. The van der Waals surface area contributed by atoms with Gasteiger partial charge in [0.1, 0.15) is 0 Å². The van der Waals surface area contributed by atoms with E-state index in [2.05, 4.69) is 40.3 Å². The lowest BCUT2D eigenvalue weighted by Crippen LogP contribution is -2.53. The lowest BCUT2D eigenvalue weighted by molar-refractivity contribution is 0.0400. The van der Waals surface area contributed by atoms with Crippen molar-refractivity contribution in [3.63, 3.8) is 0 Å². The van der Waals surface area contributed by atoms with Gasteiger partial charge in [-0.15, -0.1) is 0 Å². The average molecular weight is 838 g/mol. The first-order valence-electron chi connectivity index (χ1n) is 22.7. The molecule has 8 rings (SSSR count). The fraction of sp³-hybridized carbons (Fsp3) is 0.907. The van der Waals surface area contributed by atoms with Crippen molar-refractivity contribution >= 4 is 35.2 Å². The van der Waals surface area contributed by atoms with Gasteiger partial charge in [0.25, 0.3) is 0 Å². The van der Waals surface area contributed by atoms with E-state index in [1.807, 2.05) is 18.7 Å². The molecule has 8 fully saturated rings. The summed E-state index contributed by atoms with van der Waals surface area (Å²) in [6.07, 6.45) is 18.5. The van der Waals surface area contributed by atoms with Crippen LogP contribution in [0.5, 0.6) is 0 Å². The first-order valence-corrected chi connectivity index (χ1v) is 23.0. The number of likely N-dealkylation sites (tertiary alicyclic amines) is 3. The molecule has 6 aliphatic heterocycles. The van der Waals surface area contributed by atoms with Gasteiger partial charge in [-0.05, 0) is 118 Å². The van der Waals surface area contributed by atoms with Gasteiger partial charge in [0.05, 0.1) is 36.4 Å². The topological polar surface area (TPSA) is 139 Å². The number of hydrogen-bond donors (Lipinski definition) is 3.